The van der Waals surface area contributed by atoms with Crippen LogP contribution in [-0.4, -0.2) is 19.9 Å². The number of H-pyrrole nitrogens is 1. The summed E-state index contributed by atoms with van der Waals surface area (Å²) in [6.45, 7) is 2.52. The number of nitrogens with zero attached hydrogens (tertiary/aromatic N) is 3. The van der Waals surface area contributed by atoms with Crippen molar-refractivity contribution in [2.45, 2.75) is 32.2 Å². The van der Waals surface area contributed by atoms with E-state index in [1.165, 1.54) is 12.8 Å². The minimum absolute atomic E-state index is 0.567. The van der Waals surface area contributed by atoms with Gasteiger partial charge >= 0.3 is 0 Å². The molecular formula is C10H12N4OS. The van der Waals surface area contributed by atoms with Gasteiger partial charge in [0.05, 0.1) is 12.2 Å². The first kappa shape index (κ1) is 9.77. The third-order valence-corrected chi connectivity index (χ3v) is 3.03. The van der Waals surface area contributed by atoms with Crippen LogP contribution in [0.2, 0.25) is 0 Å². The molecule has 0 aliphatic heterocycles. The molecule has 16 heavy (non-hydrogen) atoms. The molecule has 84 valence electrons. The van der Waals surface area contributed by atoms with E-state index >= 15 is 0 Å². The van der Waals surface area contributed by atoms with Gasteiger partial charge in [0.15, 0.2) is 10.5 Å². The predicted octanol–water partition coefficient (Wildman–Crippen LogP) is 2.16. The number of hydrogen-bond acceptors (Lipinski definition) is 4. The van der Waals surface area contributed by atoms with Crippen molar-refractivity contribution in [3.8, 4) is 0 Å². The van der Waals surface area contributed by atoms with Gasteiger partial charge in [-0.05, 0) is 32.0 Å². The Morgan fingerprint density at radius 1 is 1.62 bits per heavy atom. The number of aryl methyl sites for hydroxylation is 1. The van der Waals surface area contributed by atoms with Gasteiger partial charge in [0.1, 0.15) is 5.82 Å². The maximum atomic E-state index is 5.21. The molecule has 0 unspecified atom stereocenters. The summed E-state index contributed by atoms with van der Waals surface area (Å²) in [6.07, 6.45) is 2.41. The average molecular weight is 236 g/mol. The Labute approximate surface area is 97.5 Å². The lowest BCUT2D eigenvalue weighted by Gasteiger charge is -2.01. The first-order valence-electron chi connectivity index (χ1n) is 5.31. The lowest BCUT2D eigenvalue weighted by atomic mass is 10.3. The van der Waals surface area contributed by atoms with Crippen LogP contribution in [0.1, 0.15) is 36.0 Å². The fraction of sp³-hybridized carbons (Fsp3) is 0.500. The van der Waals surface area contributed by atoms with E-state index in [2.05, 4.69) is 15.4 Å². The molecule has 2 aromatic rings. The molecule has 1 fully saturated rings. The highest BCUT2D eigenvalue weighted by Crippen LogP contribution is 2.38. The first-order chi connectivity index (χ1) is 7.74. The van der Waals surface area contributed by atoms with E-state index < -0.39 is 0 Å². The van der Waals surface area contributed by atoms with Crippen LogP contribution in [0.3, 0.4) is 0 Å². The molecule has 1 aliphatic carbocycles. The van der Waals surface area contributed by atoms with Crippen LogP contribution >= 0.6 is 12.2 Å². The second-order valence-electron chi connectivity index (χ2n) is 4.18. The van der Waals surface area contributed by atoms with Gasteiger partial charge in [0.2, 0.25) is 0 Å². The molecule has 0 amide bonds. The first-order valence-corrected chi connectivity index (χ1v) is 5.72. The minimum Gasteiger partial charge on any atom is -0.359 e. The van der Waals surface area contributed by atoms with Gasteiger partial charge in [-0.1, -0.05) is 5.16 Å². The number of rotatable bonds is 3. The molecule has 2 heterocycles. The molecule has 1 saturated carbocycles. The minimum atomic E-state index is 0.567. The summed E-state index contributed by atoms with van der Waals surface area (Å²) in [5.74, 6) is 2.42. The standard InChI is InChI=1S/C10H12N4OS/c1-6-4-8(15-13-6)5-14-9(7-2-3-7)11-12-10(14)16/h4,7H,2-3,5H2,1H3,(H,12,16). The fourth-order valence-electron chi connectivity index (χ4n) is 1.78. The van der Waals surface area contributed by atoms with Crippen molar-refractivity contribution in [3.63, 3.8) is 0 Å². The van der Waals surface area contributed by atoms with Gasteiger partial charge in [-0.2, -0.15) is 5.10 Å². The van der Waals surface area contributed by atoms with Crippen LogP contribution < -0.4 is 0 Å². The molecule has 5 nitrogen and oxygen atoms in total. The molecule has 2 aromatic heterocycles. The quantitative estimate of drug-likeness (QED) is 0.830. The van der Waals surface area contributed by atoms with Gasteiger partial charge in [-0.3, -0.25) is 9.67 Å². The molecule has 0 atom stereocenters. The molecule has 0 bridgehead atoms. The highest BCUT2D eigenvalue weighted by atomic mass is 32.1. The zero-order valence-corrected chi connectivity index (χ0v) is 9.75. The maximum absolute atomic E-state index is 5.21. The molecule has 0 saturated heterocycles. The number of hydrogen-bond donors (Lipinski definition) is 1. The summed E-state index contributed by atoms with van der Waals surface area (Å²) >= 11 is 5.21. The number of aromatic nitrogens is 4. The van der Waals surface area contributed by atoms with Crippen LogP contribution in [0.4, 0.5) is 0 Å². The van der Waals surface area contributed by atoms with Crippen LogP contribution in [0.15, 0.2) is 10.6 Å². The highest BCUT2D eigenvalue weighted by Gasteiger charge is 2.29. The monoisotopic (exact) mass is 236 g/mol. The molecular weight excluding hydrogens is 224 g/mol. The van der Waals surface area contributed by atoms with Crippen molar-refractivity contribution in [1.29, 1.82) is 0 Å². The zero-order chi connectivity index (χ0) is 11.1. The van der Waals surface area contributed by atoms with Crippen molar-refractivity contribution < 1.29 is 4.52 Å². The van der Waals surface area contributed by atoms with E-state index in [0.29, 0.717) is 17.2 Å². The summed E-state index contributed by atoms with van der Waals surface area (Å²) in [5.41, 5.74) is 0.887. The van der Waals surface area contributed by atoms with Crippen LogP contribution in [0, 0.1) is 11.7 Å². The Morgan fingerprint density at radius 2 is 2.44 bits per heavy atom. The van der Waals surface area contributed by atoms with Crippen LogP contribution in [0.5, 0.6) is 0 Å². The van der Waals surface area contributed by atoms with Gasteiger partial charge < -0.3 is 4.52 Å². The summed E-state index contributed by atoms with van der Waals surface area (Å²) in [6, 6.07) is 1.92. The van der Waals surface area contributed by atoms with E-state index in [9.17, 15) is 0 Å². The average Bonchev–Trinajstić information content (AvgIpc) is 2.93. The lowest BCUT2D eigenvalue weighted by molar-refractivity contribution is 0.371. The SMILES string of the molecule is Cc1cc(Cn2c(C3CC3)n[nH]c2=S)on1. The normalized spacial score (nSPS) is 15.6. The summed E-state index contributed by atoms with van der Waals surface area (Å²) in [7, 11) is 0. The Bertz CT molecular complexity index is 563. The lowest BCUT2D eigenvalue weighted by Crippen LogP contribution is -2.03. The molecule has 0 radical (unpaired) electrons. The third-order valence-electron chi connectivity index (χ3n) is 2.72. The van der Waals surface area contributed by atoms with E-state index in [0.717, 1.165) is 17.3 Å². The zero-order valence-electron chi connectivity index (χ0n) is 8.93. The highest BCUT2D eigenvalue weighted by molar-refractivity contribution is 7.71. The smallest absolute Gasteiger partial charge is 0.195 e. The summed E-state index contributed by atoms with van der Waals surface area (Å²) in [4.78, 5) is 0. The van der Waals surface area contributed by atoms with Gasteiger partial charge in [-0.15, -0.1) is 0 Å². The van der Waals surface area contributed by atoms with E-state index in [4.69, 9.17) is 16.7 Å². The Hall–Kier alpha value is -1.43. The fourth-order valence-corrected chi connectivity index (χ4v) is 1.99. The van der Waals surface area contributed by atoms with Crippen molar-refractivity contribution in [3.05, 3.63) is 28.1 Å². The topological polar surface area (TPSA) is 59.6 Å². The molecule has 0 spiro atoms. The van der Waals surface area contributed by atoms with Crippen LogP contribution in [0.25, 0.3) is 0 Å². The Balaban J connectivity index is 1.93. The van der Waals surface area contributed by atoms with Crippen molar-refractivity contribution >= 4 is 12.2 Å². The van der Waals surface area contributed by atoms with E-state index in [-0.39, 0.29) is 0 Å². The van der Waals surface area contributed by atoms with Crippen molar-refractivity contribution in [2.24, 2.45) is 0 Å². The third kappa shape index (κ3) is 1.69. The maximum Gasteiger partial charge on any atom is 0.195 e. The van der Waals surface area contributed by atoms with E-state index in [1.807, 2.05) is 17.6 Å². The molecule has 1 aliphatic rings. The largest absolute Gasteiger partial charge is 0.359 e. The van der Waals surface area contributed by atoms with Gasteiger partial charge in [0, 0.05) is 12.0 Å². The number of aromatic amines is 1. The van der Waals surface area contributed by atoms with Crippen LogP contribution in [-0.2, 0) is 6.54 Å². The van der Waals surface area contributed by atoms with Gasteiger partial charge in [0.25, 0.3) is 0 Å². The second kappa shape index (κ2) is 3.55. The van der Waals surface area contributed by atoms with Crippen molar-refractivity contribution in [1.82, 2.24) is 19.9 Å². The second-order valence-corrected chi connectivity index (χ2v) is 4.57. The number of nitrogens with one attached hydrogen (secondary N) is 1. The van der Waals surface area contributed by atoms with Crippen molar-refractivity contribution in [2.75, 3.05) is 0 Å². The Kier molecular flexibility index (Phi) is 2.17. The predicted molar refractivity (Wildman–Crippen MR) is 59.7 cm³/mol. The molecule has 0 aromatic carbocycles. The van der Waals surface area contributed by atoms with Gasteiger partial charge in [-0.25, -0.2) is 0 Å². The summed E-state index contributed by atoms with van der Waals surface area (Å²) in [5, 5.41) is 11.0. The molecule has 6 heteroatoms. The van der Waals surface area contributed by atoms with E-state index in [1.54, 1.807) is 0 Å². The Morgan fingerprint density at radius 3 is 3.06 bits per heavy atom. The summed E-state index contributed by atoms with van der Waals surface area (Å²) < 4.78 is 7.83. The molecule has 1 N–H and O–H groups in total. The molecule has 3 rings (SSSR count).